The van der Waals surface area contributed by atoms with Crippen molar-refractivity contribution in [2.75, 3.05) is 0 Å². The van der Waals surface area contributed by atoms with E-state index < -0.39 is 30.1 Å². The first-order valence-corrected chi connectivity index (χ1v) is 9.76. The maximum absolute atomic E-state index is 13.4. The third-order valence-electron chi connectivity index (χ3n) is 6.46. The van der Waals surface area contributed by atoms with E-state index in [4.69, 9.17) is 0 Å². The van der Waals surface area contributed by atoms with Gasteiger partial charge in [0.2, 0.25) is 0 Å². The number of alkyl halides is 6. The summed E-state index contributed by atoms with van der Waals surface area (Å²) in [5.74, 6) is -3.30. The lowest BCUT2D eigenvalue weighted by molar-refractivity contribution is -0.203. The van der Waals surface area contributed by atoms with E-state index >= 15 is 0 Å². The first-order valence-electron chi connectivity index (χ1n) is 9.76. The summed E-state index contributed by atoms with van der Waals surface area (Å²) in [7, 11) is 0. The first kappa shape index (κ1) is 20.9. The van der Waals surface area contributed by atoms with E-state index in [1.807, 2.05) is 6.92 Å². The van der Waals surface area contributed by atoms with Crippen LogP contribution in [-0.4, -0.2) is 12.4 Å². The Bertz CT molecular complexity index is 400. The highest BCUT2D eigenvalue weighted by Gasteiger charge is 2.48. The minimum atomic E-state index is -4.18. The highest BCUT2D eigenvalue weighted by atomic mass is 19.4. The number of hydrogen-bond acceptors (Lipinski definition) is 0. The van der Waals surface area contributed by atoms with E-state index in [-0.39, 0.29) is 24.7 Å². The van der Waals surface area contributed by atoms with Gasteiger partial charge >= 0.3 is 12.4 Å². The van der Waals surface area contributed by atoms with Crippen LogP contribution in [-0.2, 0) is 0 Å². The van der Waals surface area contributed by atoms with Crippen LogP contribution in [0.4, 0.5) is 26.3 Å². The first-order chi connectivity index (χ1) is 11.6. The summed E-state index contributed by atoms with van der Waals surface area (Å²) in [6.07, 6.45) is -2.48. The van der Waals surface area contributed by atoms with Crippen molar-refractivity contribution in [3.63, 3.8) is 0 Å². The molecule has 0 aliphatic heterocycles. The zero-order chi connectivity index (χ0) is 18.7. The fraction of sp³-hybridized carbons (Fsp3) is 1.00. The van der Waals surface area contributed by atoms with Crippen molar-refractivity contribution in [2.45, 2.75) is 89.9 Å². The minimum Gasteiger partial charge on any atom is -0.171 e. The van der Waals surface area contributed by atoms with Crippen LogP contribution in [0.3, 0.4) is 0 Å². The Balaban J connectivity index is 1.92. The average molecular weight is 372 g/mol. The standard InChI is InChI=1S/C19H30F6/c1-2-5-14-10-8-13(12-17(14)19(23,24)25)9-11-15-6-3-4-7-16(15)18(20,21)22/h13-17H,2-12H2,1H3/t13-,14+,15-,16?,17?/m1/s1. The highest BCUT2D eigenvalue weighted by molar-refractivity contribution is 4.86. The zero-order valence-corrected chi connectivity index (χ0v) is 14.9. The summed E-state index contributed by atoms with van der Waals surface area (Å²) in [6.45, 7) is 1.90. The molecule has 0 spiro atoms. The van der Waals surface area contributed by atoms with Gasteiger partial charge in [-0.2, -0.15) is 26.3 Å². The van der Waals surface area contributed by atoms with E-state index in [0.717, 1.165) is 19.3 Å². The van der Waals surface area contributed by atoms with Crippen LogP contribution in [0, 0.1) is 29.6 Å². The number of hydrogen-bond donors (Lipinski definition) is 0. The van der Waals surface area contributed by atoms with Crippen molar-refractivity contribution < 1.29 is 26.3 Å². The SMILES string of the molecule is CCC[C@H]1CC[C@H](CC[C@H]2CCCCC2C(F)(F)F)CC1C(F)(F)F. The lowest BCUT2D eigenvalue weighted by Gasteiger charge is -2.39. The molecule has 0 aromatic carbocycles. The number of halogens is 6. The molecule has 0 N–H and O–H groups in total. The summed E-state index contributed by atoms with van der Waals surface area (Å²) in [6, 6.07) is 0. The molecule has 2 unspecified atom stereocenters. The van der Waals surface area contributed by atoms with Gasteiger partial charge in [0.15, 0.2) is 0 Å². The molecule has 0 radical (unpaired) electrons. The molecular formula is C19H30F6. The second kappa shape index (κ2) is 8.51. The Hall–Kier alpha value is -0.420. The Morgan fingerprint density at radius 3 is 1.88 bits per heavy atom. The molecule has 148 valence electrons. The van der Waals surface area contributed by atoms with Crippen molar-refractivity contribution in [3.8, 4) is 0 Å². The molecule has 6 heteroatoms. The third kappa shape index (κ3) is 5.78. The van der Waals surface area contributed by atoms with Gasteiger partial charge in [0.05, 0.1) is 11.8 Å². The molecule has 0 saturated heterocycles. The van der Waals surface area contributed by atoms with Crippen molar-refractivity contribution in [1.29, 1.82) is 0 Å². The summed E-state index contributed by atoms with van der Waals surface area (Å²) in [5.41, 5.74) is 0. The summed E-state index contributed by atoms with van der Waals surface area (Å²) in [5, 5.41) is 0. The fourth-order valence-corrected chi connectivity index (χ4v) is 5.13. The van der Waals surface area contributed by atoms with E-state index in [1.54, 1.807) is 0 Å². The Morgan fingerprint density at radius 2 is 1.28 bits per heavy atom. The molecule has 0 amide bonds. The van der Waals surface area contributed by atoms with E-state index in [9.17, 15) is 26.3 Å². The molecule has 2 rings (SSSR count). The molecule has 0 aromatic rings. The van der Waals surface area contributed by atoms with Crippen LogP contribution in [0.15, 0.2) is 0 Å². The van der Waals surface area contributed by atoms with E-state index in [1.165, 1.54) is 0 Å². The molecule has 0 heterocycles. The predicted octanol–water partition coefficient (Wildman–Crippen LogP) is 7.53. The molecule has 2 aliphatic carbocycles. The van der Waals surface area contributed by atoms with Crippen LogP contribution >= 0.6 is 0 Å². The second-order valence-corrected chi connectivity index (χ2v) is 8.15. The largest absolute Gasteiger partial charge is 0.392 e. The fourth-order valence-electron chi connectivity index (χ4n) is 5.13. The molecule has 25 heavy (non-hydrogen) atoms. The molecule has 5 atom stereocenters. The average Bonchev–Trinajstić information content (AvgIpc) is 2.52. The second-order valence-electron chi connectivity index (χ2n) is 8.15. The summed E-state index contributed by atoms with van der Waals surface area (Å²) >= 11 is 0. The Kier molecular flexibility index (Phi) is 7.11. The Labute approximate surface area is 146 Å². The van der Waals surface area contributed by atoms with Crippen molar-refractivity contribution in [1.82, 2.24) is 0 Å². The normalized spacial score (nSPS) is 34.9. The van der Waals surface area contributed by atoms with Gasteiger partial charge in [-0.15, -0.1) is 0 Å². The van der Waals surface area contributed by atoms with Crippen molar-refractivity contribution >= 4 is 0 Å². The highest BCUT2D eigenvalue weighted by Crippen LogP contribution is 2.48. The summed E-state index contributed by atoms with van der Waals surface area (Å²) in [4.78, 5) is 0. The molecule has 2 fully saturated rings. The van der Waals surface area contributed by atoms with Gasteiger partial charge in [0, 0.05) is 0 Å². The molecule has 0 aromatic heterocycles. The zero-order valence-electron chi connectivity index (χ0n) is 14.9. The van der Waals surface area contributed by atoms with Gasteiger partial charge in [-0.3, -0.25) is 0 Å². The molecule has 0 bridgehead atoms. The number of rotatable bonds is 5. The molecule has 2 saturated carbocycles. The van der Waals surface area contributed by atoms with Crippen LogP contribution < -0.4 is 0 Å². The molecule has 0 nitrogen and oxygen atoms in total. The monoisotopic (exact) mass is 372 g/mol. The quantitative estimate of drug-likeness (QED) is 0.438. The maximum Gasteiger partial charge on any atom is 0.392 e. The Morgan fingerprint density at radius 1 is 0.680 bits per heavy atom. The summed E-state index contributed by atoms with van der Waals surface area (Å²) < 4.78 is 79.5. The van der Waals surface area contributed by atoms with Crippen molar-refractivity contribution in [3.05, 3.63) is 0 Å². The van der Waals surface area contributed by atoms with Crippen LogP contribution in [0.2, 0.25) is 0 Å². The van der Waals surface area contributed by atoms with Gasteiger partial charge in [0.1, 0.15) is 0 Å². The lowest BCUT2D eigenvalue weighted by atomic mass is 9.69. The topological polar surface area (TPSA) is 0 Å². The maximum atomic E-state index is 13.4. The van der Waals surface area contributed by atoms with Gasteiger partial charge in [-0.05, 0) is 49.9 Å². The smallest absolute Gasteiger partial charge is 0.171 e. The molecular weight excluding hydrogens is 342 g/mol. The van der Waals surface area contributed by atoms with Crippen molar-refractivity contribution in [2.24, 2.45) is 29.6 Å². The van der Waals surface area contributed by atoms with E-state index in [0.29, 0.717) is 38.5 Å². The van der Waals surface area contributed by atoms with E-state index in [2.05, 4.69) is 0 Å². The van der Waals surface area contributed by atoms with Gasteiger partial charge in [0.25, 0.3) is 0 Å². The minimum absolute atomic E-state index is 0.0736. The molecule has 2 aliphatic rings. The lowest BCUT2D eigenvalue weighted by Crippen LogP contribution is -2.37. The van der Waals surface area contributed by atoms with Gasteiger partial charge in [-0.1, -0.05) is 45.4 Å². The van der Waals surface area contributed by atoms with Crippen LogP contribution in [0.5, 0.6) is 0 Å². The predicted molar refractivity (Wildman–Crippen MR) is 86.0 cm³/mol. The van der Waals surface area contributed by atoms with Crippen LogP contribution in [0.25, 0.3) is 0 Å². The van der Waals surface area contributed by atoms with Gasteiger partial charge < -0.3 is 0 Å². The third-order valence-corrected chi connectivity index (χ3v) is 6.46. The van der Waals surface area contributed by atoms with Crippen LogP contribution in [0.1, 0.15) is 77.6 Å². The van der Waals surface area contributed by atoms with Gasteiger partial charge in [-0.25, -0.2) is 0 Å².